The summed E-state index contributed by atoms with van der Waals surface area (Å²) in [6.45, 7) is 4.15. The maximum absolute atomic E-state index is 5.19. The highest BCUT2D eigenvalue weighted by Crippen LogP contribution is 2.30. The molecule has 0 unspecified atom stereocenters. The molecule has 1 aromatic heterocycles. The van der Waals surface area contributed by atoms with E-state index < -0.39 is 0 Å². The summed E-state index contributed by atoms with van der Waals surface area (Å²) >= 11 is 6.76. The molecule has 0 aliphatic carbocycles. The van der Waals surface area contributed by atoms with Gasteiger partial charge in [-0.2, -0.15) is 0 Å². The minimum absolute atomic E-state index is 0.822. The van der Waals surface area contributed by atoms with Crippen molar-refractivity contribution in [1.82, 2.24) is 4.98 Å². The molecule has 2 rings (SSSR count). The number of rotatable bonds is 2. The summed E-state index contributed by atoms with van der Waals surface area (Å²) in [6, 6.07) is 6.06. The Morgan fingerprint density at radius 1 is 1.31 bits per heavy atom. The number of hydrogen-bond donors (Lipinski definition) is 1. The number of thiazole rings is 1. The fourth-order valence-corrected chi connectivity index (χ4v) is 2.88. The Morgan fingerprint density at radius 2 is 2.06 bits per heavy atom. The molecule has 1 heterocycles. The largest absolute Gasteiger partial charge is 0.497 e. The van der Waals surface area contributed by atoms with Crippen LogP contribution in [-0.2, 0) is 0 Å². The molecule has 16 heavy (non-hydrogen) atoms. The lowest BCUT2D eigenvalue weighted by Gasteiger charge is -2.07. The number of nitrogens with one attached hydrogen (secondary N) is 1. The number of aryl methyl sites for hydroxylation is 2. The van der Waals surface area contributed by atoms with E-state index in [1.807, 2.05) is 12.1 Å². The van der Waals surface area contributed by atoms with Crippen LogP contribution >= 0.6 is 23.6 Å². The molecule has 0 radical (unpaired) electrons. The van der Waals surface area contributed by atoms with Gasteiger partial charge in [0.25, 0.3) is 0 Å². The predicted molar refractivity (Wildman–Crippen MR) is 71.0 cm³/mol. The lowest BCUT2D eigenvalue weighted by molar-refractivity contribution is 0.414. The first-order valence-electron chi connectivity index (χ1n) is 4.96. The van der Waals surface area contributed by atoms with Crippen molar-refractivity contribution in [3.05, 3.63) is 32.6 Å². The maximum Gasteiger partial charge on any atom is 0.159 e. The van der Waals surface area contributed by atoms with Crippen molar-refractivity contribution < 1.29 is 4.74 Å². The first-order valence-corrected chi connectivity index (χ1v) is 6.19. The zero-order valence-corrected chi connectivity index (χ0v) is 11.1. The SMILES string of the molecule is COc1ccc(-c2[nH]c(=S)sc2C)c(C)c1. The summed E-state index contributed by atoms with van der Waals surface area (Å²) in [4.78, 5) is 4.45. The highest BCUT2D eigenvalue weighted by Gasteiger charge is 2.08. The number of benzene rings is 1. The minimum Gasteiger partial charge on any atom is -0.497 e. The van der Waals surface area contributed by atoms with Crippen LogP contribution in [0.4, 0.5) is 0 Å². The molecule has 0 amide bonds. The molecule has 84 valence electrons. The van der Waals surface area contributed by atoms with E-state index in [-0.39, 0.29) is 0 Å². The van der Waals surface area contributed by atoms with Gasteiger partial charge in [0.15, 0.2) is 3.95 Å². The monoisotopic (exact) mass is 251 g/mol. The molecular weight excluding hydrogens is 238 g/mol. The molecule has 2 aromatic rings. The van der Waals surface area contributed by atoms with Crippen LogP contribution in [-0.4, -0.2) is 12.1 Å². The van der Waals surface area contributed by atoms with Gasteiger partial charge in [-0.3, -0.25) is 0 Å². The Balaban J connectivity index is 2.56. The van der Waals surface area contributed by atoms with Crippen LogP contribution < -0.4 is 4.74 Å². The van der Waals surface area contributed by atoms with E-state index in [4.69, 9.17) is 17.0 Å². The Morgan fingerprint density at radius 3 is 2.56 bits per heavy atom. The van der Waals surface area contributed by atoms with Crippen molar-refractivity contribution in [3.63, 3.8) is 0 Å². The lowest BCUT2D eigenvalue weighted by Crippen LogP contribution is -1.88. The van der Waals surface area contributed by atoms with Crippen LogP contribution in [0, 0.1) is 17.8 Å². The van der Waals surface area contributed by atoms with Crippen molar-refractivity contribution >= 4 is 23.6 Å². The number of methoxy groups -OCH3 is 1. The van der Waals surface area contributed by atoms with E-state index in [1.54, 1.807) is 18.4 Å². The summed E-state index contributed by atoms with van der Waals surface area (Å²) < 4.78 is 6.02. The third-order valence-corrected chi connectivity index (χ3v) is 3.68. The smallest absolute Gasteiger partial charge is 0.159 e. The molecule has 1 N–H and O–H groups in total. The Kier molecular flexibility index (Phi) is 3.12. The second kappa shape index (κ2) is 4.39. The quantitative estimate of drug-likeness (QED) is 0.813. The first kappa shape index (κ1) is 11.4. The van der Waals surface area contributed by atoms with Crippen LogP contribution in [0.1, 0.15) is 10.4 Å². The van der Waals surface area contributed by atoms with Crippen LogP contribution in [0.25, 0.3) is 11.3 Å². The highest BCUT2D eigenvalue weighted by atomic mass is 32.1. The van der Waals surface area contributed by atoms with Gasteiger partial charge in [-0.15, -0.1) is 11.3 Å². The van der Waals surface area contributed by atoms with Gasteiger partial charge in [0, 0.05) is 10.4 Å². The molecule has 1 aromatic carbocycles. The fourth-order valence-electron chi connectivity index (χ4n) is 1.71. The van der Waals surface area contributed by atoms with Crippen molar-refractivity contribution in [2.45, 2.75) is 13.8 Å². The average Bonchev–Trinajstić information content (AvgIpc) is 2.57. The molecule has 0 bridgehead atoms. The van der Waals surface area contributed by atoms with Crippen molar-refractivity contribution in [3.8, 4) is 17.0 Å². The van der Waals surface area contributed by atoms with Crippen molar-refractivity contribution in [1.29, 1.82) is 0 Å². The summed E-state index contributed by atoms with van der Waals surface area (Å²) in [6.07, 6.45) is 0. The topological polar surface area (TPSA) is 25.0 Å². The number of ether oxygens (including phenoxy) is 1. The van der Waals surface area contributed by atoms with Gasteiger partial charge >= 0.3 is 0 Å². The second-order valence-corrected chi connectivity index (χ2v) is 5.52. The second-order valence-electron chi connectivity index (χ2n) is 3.63. The molecule has 4 heteroatoms. The van der Waals surface area contributed by atoms with Crippen LogP contribution in [0.2, 0.25) is 0 Å². The average molecular weight is 251 g/mol. The Bertz CT molecular complexity index is 569. The normalized spacial score (nSPS) is 10.4. The van der Waals surface area contributed by atoms with Gasteiger partial charge in [0.05, 0.1) is 12.8 Å². The molecule has 0 saturated carbocycles. The summed E-state index contributed by atoms with van der Waals surface area (Å²) in [5.41, 5.74) is 3.49. The van der Waals surface area contributed by atoms with Crippen molar-refractivity contribution in [2.75, 3.05) is 7.11 Å². The van der Waals surface area contributed by atoms with E-state index in [0.29, 0.717) is 0 Å². The van der Waals surface area contributed by atoms with E-state index in [1.165, 1.54) is 16.0 Å². The minimum atomic E-state index is 0.822. The molecule has 0 spiro atoms. The predicted octanol–water partition coefficient (Wildman–Crippen LogP) is 4.10. The Hall–Kier alpha value is -1.13. The molecule has 0 aliphatic rings. The van der Waals surface area contributed by atoms with E-state index in [9.17, 15) is 0 Å². The first-order chi connectivity index (χ1) is 7.61. The number of aromatic nitrogens is 1. The maximum atomic E-state index is 5.19. The molecule has 0 fully saturated rings. The van der Waals surface area contributed by atoms with Crippen LogP contribution in [0.15, 0.2) is 18.2 Å². The zero-order chi connectivity index (χ0) is 11.7. The van der Waals surface area contributed by atoms with Gasteiger partial charge < -0.3 is 9.72 Å². The summed E-state index contributed by atoms with van der Waals surface area (Å²) in [5, 5.41) is 0. The van der Waals surface area contributed by atoms with Gasteiger partial charge in [-0.05, 0) is 49.8 Å². The molecule has 2 nitrogen and oxygen atoms in total. The highest BCUT2D eigenvalue weighted by molar-refractivity contribution is 7.73. The van der Waals surface area contributed by atoms with E-state index in [2.05, 4.69) is 24.9 Å². The van der Waals surface area contributed by atoms with Crippen LogP contribution in [0.3, 0.4) is 0 Å². The molecule has 0 atom stereocenters. The van der Waals surface area contributed by atoms with Gasteiger partial charge in [-0.25, -0.2) is 0 Å². The molecular formula is C12H13NOS2. The number of H-pyrrole nitrogens is 1. The Labute approximate surface area is 104 Å². The third kappa shape index (κ3) is 2.03. The molecule has 0 saturated heterocycles. The standard InChI is InChI=1S/C12H13NOS2/c1-7-6-9(14-3)4-5-10(7)11-8(2)16-12(15)13-11/h4-6H,1-3H3,(H,13,15). The number of hydrogen-bond acceptors (Lipinski definition) is 3. The third-order valence-electron chi connectivity index (χ3n) is 2.53. The number of aromatic amines is 1. The van der Waals surface area contributed by atoms with Crippen LogP contribution in [0.5, 0.6) is 5.75 Å². The van der Waals surface area contributed by atoms with E-state index >= 15 is 0 Å². The summed E-state index contributed by atoms with van der Waals surface area (Å²) in [7, 11) is 1.68. The van der Waals surface area contributed by atoms with Crippen molar-refractivity contribution in [2.24, 2.45) is 0 Å². The lowest BCUT2D eigenvalue weighted by atomic mass is 10.0. The van der Waals surface area contributed by atoms with E-state index in [0.717, 1.165) is 15.4 Å². The zero-order valence-electron chi connectivity index (χ0n) is 9.46. The molecule has 0 aliphatic heterocycles. The van der Waals surface area contributed by atoms with Gasteiger partial charge in [0.2, 0.25) is 0 Å². The van der Waals surface area contributed by atoms with Gasteiger partial charge in [-0.1, -0.05) is 0 Å². The fraction of sp³-hybridized carbons (Fsp3) is 0.250. The van der Waals surface area contributed by atoms with Gasteiger partial charge in [0.1, 0.15) is 5.75 Å². The summed E-state index contributed by atoms with van der Waals surface area (Å²) in [5.74, 6) is 0.882.